The van der Waals surface area contributed by atoms with Crippen molar-refractivity contribution in [1.82, 2.24) is 4.98 Å². The summed E-state index contributed by atoms with van der Waals surface area (Å²) in [6.45, 7) is 4.06. The molecule has 0 amide bonds. The summed E-state index contributed by atoms with van der Waals surface area (Å²) in [5, 5.41) is 9.38. The number of carbonyl (C=O) groups is 1. The maximum atomic E-state index is 11.4. The van der Waals surface area contributed by atoms with Gasteiger partial charge in [0.2, 0.25) is 0 Å². The van der Waals surface area contributed by atoms with Crippen molar-refractivity contribution in [2.75, 3.05) is 24.7 Å². The van der Waals surface area contributed by atoms with E-state index in [1.807, 2.05) is 72.8 Å². The molecule has 8 heteroatoms. The van der Waals surface area contributed by atoms with Crippen molar-refractivity contribution in [2.45, 2.75) is 44.6 Å². The van der Waals surface area contributed by atoms with E-state index in [1.165, 1.54) is 0 Å². The first-order valence-corrected chi connectivity index (χ1v) is 13.0. The molecule has 1 aliphatic rings. The predicted molar refractivity (Wildman–Crippen MR) is 143 cm³/mol. The zero-order chi connectivity index (χ0) is 26.4. The summed E-state index contributed by atoms with van der Waals surface area (Å²) >= 11 is 0. The van der Waals surface area contributed by atoms with Gasteiger partial charge in [-0.05, 0) is 42.7 Å². The molecule has 1 saturated heterocycles. The van der Waals surface area contributed by atoms with Crippen LogP contribution >= 0.6 is 0 Å². The van der Waals surface area contributed by atoms with E-state index in [9.17, 15) is 9.90 Å². The number of rotatable bonds is 12. The number of hydrogen-bond donors (Lipinski definition) is 1. The molecule has 0 bridgehead atoms. The number of fused-ring (bicyclic) bond motifs is 1. The SMILES string of the molecule is CCC(Oc1cccc(CN(CCCC2(c3ccccc3)OCCO2)c2nc3ccccc3o2)c1)C(=O)O. The highest BCUT2D eigenvalue weighted by Gasteiger charge is 2.38. The molecule has 5 rings (SSSR count). The molecule has 1 aliphatic heterocycles. The van der Waals surface area contributed by atoms with E-state index in [1.54, 1.807) is 13.0 Å². The maximum absolute atomic E-state index is 11.4. The molecule has 4 aromatic rings. The van der Waals surface area contributed by atoms with Gasteiger partial charge in [-0.15, -0.1) is 0 Å². The molecule has 0 radical (unpaired) electrons. The standard InChI is InChI=1S/C30H32N2O6/c1-2-26(28(33)34)37-24-13-8-10-22(20-24)21-32(29-31-25-14-6-7-15-27(25)38-29)17-9-16-30(35-18-19-36-30)23-11-4-3-5-12-23/h3-8,10-15,20,26H,2,9,16-19,21H2,1H3,(H,33,34). The smallest absolute Gasteiger partial charge is 0.344 e. The van der Waals surface area contributed by atoms with E-state index >= 15 is 0 Å². The van der Waals surface area contributed by atoms with Crippen LogP contribution in [0.25, 0.3) is 11.1 Å². The Morgan fingerprint density at radius 2 is 1.82 bits per heavy atom. The number of nitrogens with zero attached hydrogens (tertiary/aromatic N) is 2. The lowest BCUT2D eigenvalue weighted by Crippen LogP contribution is -2.30. The van der Waals surface area contributed by atoms with Crippen LogP contribution < -0.4 is 9.64 Å². The lowest BCUT2D eigenvalue weighted by molar-refractivity contribution is -0.171. The molecule has 3 aromatic carbocycles. The van der Waals surface area contributed by atoms with Gasteiger partial charge in [0.15, 0.2) is 17.5 Å². The Kier molecular flexibility index (Phi) is 7.91. The summed E-state index contributed by atoms with van der Waals surface area (Å²) in [5.74, 6) is -1.21. The van der Waals surface area contributed by atoms with Crippen LogP contribution in [0.2, 0.25) is 0 Å². The number of aromatic nitrogens is 1. The second-order valence-corrected chi connectivity index (χ2v) is 9.31. The molecule has 198 valence electrons. The maximum Gasteiger partial charge on any atom is 0.344 e. The molecule has 1 N–H and O–H groups in total. The van der Waals surface area contributed by atoms with Crippen molar-refractivity contribution in [1.29, 1.82) is 0 Å². The summed E-state index contributed by atoms with van der Waals surface area (Å²) < 4.78 is 24.1. The molecule has 8 nitrogen and oxygen atoms in total. The van der Waals surface area contributed by atoms with Gasteiger partial charge in [0.25, 0.3) is 6.01 Å². The predicted octanol–water partition coefficient (Wildman–Crippen LogP) is 5.76. The molecule has 0 aliphatic carbocycles. The minimum atomic E-state index is -0.977. The molecular weight excluding hydrogens is 484 g/mol. The summed E-state index contributed by atoms with van der Waals surface area (Å²) in [6, 6.07) is 25.8. The van der Waals surface area contributed by atoms with Crippen LogP contribution in [0, 0.1) is 0 Å². The van der Waals surface area contributed by atoms with Gasteiger partial charge in [-0.2, -0.15) is 4.98 Å². The number of benzene rings is 3. The first-order valence-electron chi connectivity index (χ1n) is 13.0. The second-order valence-electron chi connectivity index (χ2n) is 9.31. The van der Waals surface area contributed by atoms with E-state index < -0.39 is 17.9 Å². The lowest BCUT2D eigenvalue weighted by Gasteiger charge is -2.29. The molecule has 38 heavy (non-hydrogen) atoms. The van der Waals surface area contributed by atoms with Crippen molar-refractivity contribution in [3.63, 3.8) is 0 Å². The average molecular weight is 517 g/mol. The number of oxazole rings is 1. The average Bonchev–Trinajstić information content (AvgIpc) is 3.60. The number of para-hydroxylation sites is 2. The van der Waals surface area contributed by atoms with Gasteiger partial charge in [-0.25, -0.2) is 4.79 Å². The molecule has 0 saturated carbocycles. The van der Waals surface area contributed by atoms with Gasteiger partial charge in [0.1, 0.15) is 11.3 Å². The minimum absolute atomic E-state index is 0.377. The first kappa shape index (κ1) is 25.8. The van der Waals surface area contributed by atoms with Gasteiger partial charge in [0, 0.05) is 25.1 Å². The monoisotopic (exact) mass is 516 g/mol. The van der Waals surface area contributed by atoms with Crippen molar-refractivity contribution < 1.29 is 28.5 Å². The third-order valence-corrected chi connectivity index (χ3v) is 6.65. The van der Waals surface area contributed by atoms with Gasteiger partial charge in [0.05, 0.1) is 13.2 Å². The quantitative estimate of drug-likeness (QED) is 0.254. The highest BCUT2D eigenvalue weighted by Crippen LogP contribution is 2.36. The van der Waals surface area contributed by atoms with E-state index in [-0.39, 0.29) is 0 Å². The topological polar surface area (TPSA) is 94.3 Å². The Hall–Kier alpha value is -3.88. The summed E-state index contributed by atoms with van der Waals surface area (Å²) in [5.41, 5.74) is 3.48. The zero-order valence-electron chi connectivity index (χ0n) is 21.4. The fraction of sp³-hybridized carbons (Fsp3) is 0.333. The van der Waals surface area contributed by atoms with Crippen LogP contribution in [0.15, 0.2) is 83.3 Å². The molecule has 1 aromatic heterocycles. The molecule has 1 fully saturated rings. The number of ether oxygens (including phenoxy) is 3. The van der Waals surface area contributed by atoms with Gasteiger partial charge < -0.3 is 28.6 Å². The zero-order valence-corrected chi connectivity index (χ0v) is 21.4. The van der Waals surface area contributed by atoms with Crippen LogP contribution in [-0.4, -0.2) is 41.9 Å². The van der Waals surface area contributed by atoms with Crippen molar-refractivity contribution in [3.05, 3.63) is 90.0 Å². The van der Waals surface area contributed by atoms with Crippen LogP contribution in [-0.2, 0) is 26.6 Å². The largest absolute Gasteiger partial charge is 0.479 e. The van der Waals surface area contributed by atoms with Crippen LogP contribution in [0.3, 0.4) is 0 Å². The van der Waals surface area contributed by atoms with Crippen molar-refractivity contribution >= 4 is 23.1 Å². The van der Waals surface area contributed by atoms with Crippen molar-refractivity contribution in [3.8, 4) is 5.75 Å². The Morgan fingerprint density at radius 1 is 1.05 bits per heavy atom. The summed E-state index contributed by atoms with van der Waals surface area (Å²) in [4.78, 5) is 18.3. The minimum Gasteiger partial charge on any atom is -0.479 e. The van der Waals surface area contributed by atoms with E-state index in [0.29, 0.717) is 50.9 Å². The number of aliphatic carboxylic acids is 1. The third-order valence-electron chi connectivity index (χ3n) is 6.65. The summed E-state index contributed by atoms with van der Waals surface area (Å²) in [7, 11) is 0. The Labute approximate surface area is 221 Å². The molecule has 2 heterocycles. The van der Waals surface area contributed by atoms with E-state index in [4.69, 9.17) is 23.6 Å². The van der Waals surface area contributed by atoms with Crippen molar-refractivity contribution in [2.24, 2.45) is 0 Å². The summed E-state index contributed by atoms with van der Waals surface area (Å²) in [6.07, 6.45) is 0.926. The Morgan fingerprint density at radius 3 is 2.55 bits per heavy atom. The van der Waals surface area contributed by atoms with E-state index in [2.05, 4.69) is 4.90 Å². The molecular formula is C30H32N2O6. The number of anilines is 1. The normalized spacial score (nSPS) is 15.4. The van der Waals surface area contributed by atoms with Gasteiger partial charge in [-0.3, -0.25) is 0 Å². The second kappa shape index (κ2) is 11.7. The highest BCUT2D eigenvalue weighted by molar-refractivity contribution is 5.74. The van der Waals surface area contributed by atoms with Crippen LogP contribution in [0.4, 0.5) is 6.01 Å². The van der Waals surface area contributed by atoms with Crippen LogP contribution in [0.5, 0.6) is 5.75 Å². The van der Waals surface area contributed by atoms with Crippen LogP contribution in [0.1, 0.15) is 37.3 Å². The first-order chi connectivity index (χ1) is 18.6. The lowest BCUT2D eigenvalue weighted by atomic mass is 10.0. The Bertz CT molecular complexity index is 1320. The molecule has 0 spiro atoms. The highest BCUT2D eigenvalue weighted by atomic mass is 16.7. The fourth-order valence-electron chi connectivity index (χ4n) is 4.75. The third kappa shape index (κ3) is 5.82. The number of carboxylic acids is 1. The van der Waals surface area contributed by atoms with E-state index in [0.717, 1.165) is 28.6 Å². The Balaban J connectivity index is 1.36. The van der Waals surface area contributed by atoms with Gasteiger partial charge >= 0.3 is 5.97 Å². The fourth-order valence-corrected chi connectivity index (χ4v) is 4.75. The van der Waals surface area contributed by atoms with Gasteiger partial charge in [-0.1, -0.05) is 61.5 Å². The molecule has 1 unspecified atom stereocenters. The molecule has 1 atom stereocenters. The number of carboxylic acid groups (broad SMARTS) is 1. The number of hydrogen-bond acceptors (Lipinski definition) is 7.